The highest BCUT2D eigenvalue weighted by molar-refractivity contribution is 5.87. The van der Waals surface area contributed by atoms with Crippen molar-refractivity contribution in [2.75, 3.05) is 18.9 Å². The van der Waals surface area contributed by atoms with Crippen LogP contribution in [-0.4, -0.2) is 47.5 Å². The number of carbonyl (C=O) groups is 2. The van der Waals surface area contributed by atoms with Crippen molar-refractivity contribution in [3.63, 3.8) is 0 Å². The molecule has 6 nitrogen and oxygen atoms in total. The van der Waals surface area contributed by atoms with E-state index in [0.29, 0.717) is 17.0 Å². The van der Waals surface area contributed by atoms with Crippen molar-refractivity contribution < 1.29 is 22.8 Å². The van der Waals surface area contributed by atoms with Crippen LogP contribution < -0.4 is 10.6 Å². The molecule has 1 aliphatic heterocycles. The van der Waals surface area contributed by atoms with E-state index in [1.807, 2.05) is 12.1 Å². The van der Waals surface area contributed by atoms with Gasteiger partial charge in [-0.2, -0.15) is 13.2 Å². The molecule has 1 aromatic heterocycles. The lowest BCUT2D eigenvalue weighted by Crippen LogP contribution is -2.46. The molecule has 2 N–H and O–H groups in total. The molecule has 1 fully saturated rings. The number of amides is 2. The van der Waals surface area contributed by atoms with Crippen LogP contribution in [0.25, 0.3) is 0 Å². The van der Waals surface area contributed by atoms with E-state index in [0.717, 1.165) is 13.5 Å². The van der Waals surface area contributed by atoms with Gasteiger partial charge in [0.05, 0.1) is 17.6 Å². The largest absolute Gasteiger partial charge is 0.414 e. The number of alkyl halides is 3. The summed E-state index contributed by atoms with van der Waals surface area (Å²) in [5, 5.41) is 6.02. The molecule has 34 heavy (non-hydrogen) atoms. The number of hydrogen-bond acceptors (Lipinski definition) is 4. The van der Waals surface area contributed by atoms with Crippen molar-refractivity contribution in [2.24, 2.45) is 5.92 Å². The number of nitrogens with one attached hydrogen (secondary N) is 2. The average Bonchev–Trinajstić information content (AvgIpc) is 3.03. The summed E-state index contributed by atoms with van der Waals surface area (Å²) in [7, 11) is 1.12. The predicted octanol–water partition coefficient (Wildman–Crippen LogP) is 3.98. The maximum atomic E-state index is 14.0. The molecule has 182 valence electrons. The van der Waals surface area contributed by atoms with Gasteiger partial charge in [-0.1, -0.05) is 38.1 Å². The number of aromatic nitrogens is 1. The van der Waals surface area contributed by atoms with Crippen molar-refractivity contribution >= 4 is 17.5 Å². The molecule has 1 saturated heterocycles. The average molecular weight is 475 g/mol. The minimum Gasteiger partial charge on any atom is -0.380 e. The van der Waals surface area contributed by atoms with Gasteiger partial charge in [-0.05, 0) is 36.1 Å². The lowest BCUT2D eigenvalue weighted by molar-refractivity contribution is -0.191. The fraction of sp³-hybridized carbons (Fsp3) is 0.480. The summed E-state index contributed by atoms with van der Waals surface area (Å²) in [4.78, 5) is 29.2. The van der Waals surface area contributed by atoms with E-state index in [1.54, 1.807) is 6.07 Å². The summed E-state index contributed by atoms with van der Waals surface area (Å²) in [6.07, 6.45) is -2.31. The summed E-state index contributed by atoms with van der Waals surface area (Å²) in [5.74, 6) is -1.80. The molecule has 3 atom stereocenters. The molecule has 1 aromatic carbocycles. The fourth-order valence-electron chi connectivity index (χ4n) is 5.07. The first-order chi connectivity index (χ1) is 16.0. The molecular formula is C25H29F3N4O2. The van der Waals surface area contributed by atoms with Crippen LogP contribution in [0.3, 0.4) is 0 Å². The van der Waals surface area contributed by atoms with Crippen molar-refractivity contribution in [3.8, 4) is 0 Å². The smallest absolute Gasteiger partial charge is 0.380 e. The topological polar surface area (TPSA) is 74.3 Å². The number of benzene rings is 1. The normalized spacial score (nSPS) is 22.5. The van der Waals surface area contributed by atoms with Crippen LogP contribution in [0.1, 0.15) is 49.6 Å². The molecule has 2 amide bonds. The summed E-state index contributed by atoms with van der Waals surface area (Å²) in [5.41, 5.74) is 2.72. The number of hydrogen-bond donors (Lipinski definition) is 2. The second kappa shape index (κ2) is 8.92. The van der Waals surface area contributed by atoms with E-state index in [9.17, 15) is 22.8 Å². The van der Waals surface area contributed by atoms with Crippen molar-refractivity contribution in [3.05, 3.63) is 59.4 Å². The molecule has 9 heteroatoms. The Hall–Kier alpha value is -3.10. The highest BCUT2D eigenvalue weighted by Gasteiger charge is 2.47. The van der Waals surface area contributed by atoms with Gasteiger partial charge in [0.15, 0.2) is 6.04 Å². The zero-order valence-electron chi connectivity index (χ0n) is 19.4. The van der Waals surface area contributed by atoms with Gasteiger partial charge < -0.3 is 15.5 Å². The first-order valence-electron chi connectivity index (χ1n) is 11.4. The van der Waals surface area contributed by atoms with E-state index in [-0.39, 0.29) is 36.0 Å². The molecule has 0 spiro atoms. The van der Waals surface area contributed by atoms with Gasteiger partial charge in [0.2, 0.25) is 11.8 Å². The molecular weight excluding hydrogens is 445 g/mol. The molecule has 2 unspecified atom stereocenters. The van der Waals surface area contributed by atoms with Crippen molar-refractivity contribution in [2.45, 2.75) is 56.8 Å². The predicted molar refractivity (Wildman–Crippen MR) is 122 cm³/mol. The number of fused-ring (bicyclic) bond motifs is 1. The third-order valence-corrected chi connectivity index (χ3v) is 7.06. The monoisotopic (exact) mass is 474 g/mol. The second-order valence-corrected chi connectivity index (χ2v) is 9.68. The van der Waals surface area contributed by atoms with E-state index >= 15 is 0 Å². The molecule has 2 aromatic rings. The molecule has 0 bridgehead atoms. The first-order valence-corrected chi connectivity index (χ1v) is 11.4. The lowest BCUT2D eigenvalue weighted by atomic mass is 9.83. The van der Waals surface area contributed by atoms with Gasteiger partial charge in [-0.15, -0.1) is 0 Å². The number of halogens is 3. The van der Waals surface area contributed by atoms with Crippen LogP contribution in [0.15, 0.2) is 42.6 Å². The molecule has 1 aliphatic carbocycles. The second-order valence-electron chi connectivity index (χ2n) is 9.68. The Bertz CT molecular complexity index is 1070. The third-order valence-electron chi connectivity index (χ3n) is 7.06. The summed E-state index contributed by atoms with van der Waals surface area (Å²) < 4.78 is 42.0. The highest BCUT2D eigenvalue weighted by Crippen LogP contribution is 2.41. The lowest BCUT2D eigenvalue weighted by Gasteiger charge is -2.33. The first kappa shape index (κ1) is 24.0. The number of pyridine rings is 1. The Balaban J connectivity index is 1.51. The van der Waals surface area contributed by atoms with Crippen LogP contribution in [0.5, 0.6) is 0 Å². The Labute approximate surface area is 196 Å². The number of piperidine rings is 1. The van der Waals surface area contributed by atoms with Crippen LogP contribution in [0.4, 0.5) is 18.9 Å². The highest BCUT2D eigenvalue weighted by atomic mass is 19.4. The van der Waals surface area contributed by atoms with Gasteiger partial charge in [0.25, 0.3) is 0 Å². The molecule has 0 radical (unpaired) electrons. The molecule has 4 rings (SSSR count). The zero-order chi connectivity index (χ0) is 24.7. The Kier molecular flexibility index (Phi) is 6.31. The van der Waals surface area contributed by atoms with Crippen molar-refractivity contribution in [1.29, 1.82) is 0 Å². The zero-order valence-corrected chi connectivity index (χ0v) is 19.4. The minimum absolute atomic E-state index is 0.0673. The Morgan fingerprint density at radius 1 is 1.21 bits per heavy atom. The van der Waals surface area contributed by atoms with E-state index in [2.05, 4.69) is 41.6 Å². The summed E-state index contributed by atoms with van der Waals surface area (Å²) in [6, 6.07) is 8.98. The molecule has 2 heterocycles. The van der Waals surface area contributed by atoms with Gasteiger partial charge in [-0.3, -0.25) is 14.6 Å². The SMILES string of the molecule is CN(C(=O)C1CCNC(=O)C1)[C@@H](c1ccc(NC2Cc3ccccc3C2(C)C)cn1)C(F)(F)F. The fourth-order valence-corrected chi connectivity index (χ4v) is 5.07. The van der Waals surface area contributed by atoms with Gasteiger partial charge in [0, 0.05) is 37.4 Å². The van der Waals surface area contributed by atoms with Gasteiger partial charge in [-0.25, -0.2) is 0 Å². The van der Waals surface area contributed by atoms with E-state index in [1.165, 1.54) is 23.4 Å². The van der Waals surface area contributed by atoms with Crippen LogP contribution in [-0.2, 0) is 21.4 Å². The van der Waals surface area contributed by atoms with Crippen LogP contribution in [0.2, 0.25) is 0 Å². The Morgan fingerprint density at radius 3 is 2.56 bits per heavy atom. The standard InChI is InChI=1S/C25H29F3N4O2/c1-24(2)18-7-5-4-6-15(18)12-20(24)31-17-8-9-19(30-14-17)22(25(26,27)28)32(3)23(34)16-10-11-29-21(33)13-16/h4-9,14,16,20,22,31H,10-13H2,1-3H3,(H,29,33)/t16?,20?,22-/m0/s1. The minimum atomic E-state index is -4.71. The van der Waals surface area contributed by atoms with E-state index < -0.39 is 24.0 Å². The summed E-state index contributed by atoms with van der Waals surface area (Å²) in [6.45, 7) is 4.56. The number of anilines is 1. The van der Waals surface area contributed by atoms with Gasteiger partial charge >= 0.3 is 6.18 Å². The molecule has 2 aliphatic rings. The number of nitrogens with zero attached hydrogens (tertiary/aromatic N) is 2. The van der Waals surface area contributed by atoms with Crippen LogP contribution >= 0.6 is 0 Å². The van der Waals surface area contributed by atoms with Crippen LogP contribution in [0, 0.1) is 5.92 Å². The molecule has 0 saturated carbocycles. The number of carbonyl (C=O) groups excluding carboxylic acids is 2. The van der Waals surface area contributed by atoms with Crippen molar-refractivity contribution in [1.82, 2.24) is 15.2 Å². The van der Waals surface area contributed by atoms with E-state index in [4.69, 9.17) is 0 Å². The van der Waals surface area contributed by atoms with Gasteiger partial charge in [0.1, 0.15) is 0 Å². The quantitative estimate of drug-likeness (QED) is 0.688. The maximum Gasteiger partial charge on any atom is 0.414 e. The maximum absolute atomic E-state index is 14.0. The number of rotatable bonds is 5. The third kappa shape index (κ3) is 4.60. The Morgan fingerprint density at radius 2 is 1.94 bits per heavy atom. The summed E-state index contributed by atoms with van der Waals surface area (Å²) >= 11 is 0.